The van der Waals surface area contributed by atoms with Crippen LogP contribution in [0.1, 0.15) is 36.0 Å². The average molecular weight is 527 g/mol. The van der Waals surface area contributed by atoms with Crippen LogP contribution in [0.2, 0.25) is 0 Å². The third kappa shape index (κ3) is 4.96. The summed E-state index contributed by atoms with van der Waals surface area (Å²) in [4.78, 5) is 36.4. The first kappa shape index (κ1) is 25.0. The summed E-state index contributed by atoms with van der Waals surface area (Å²) in [6.07, 6.45) is 9.54. The molecule has 2 bridgehead atoms. The van der Waals surface area contributed by atoms with Crippen LogP contribution in [0.25, 0.3) is 11.1 Å². The van der Waals surface area contributed by atoms with Gasteiger partial charge >= 0.3 is 0 Å². The van der Waals surface area contributed by atoms with Gasteiger partial charge in [0.2, 0.25) is 11.9 Å². The van der Waals surface area contributed by atoms with E-state index in [2.05, 4.69) is 27.8 Å². The van der Waals surface area contributed by atoms with E-state index in [1.807, 2.05) is 17.0 Å². The molecule has 6 rings (SSSR count). The number of allylic oxidation sites excluding steroid dienone is 1. The first-order valence-electron chi connectivity index (χ1n) is 13.5. The van der Waals surface area contributed by atoms with Crippen molar-refractivity contribution in [1.82, 2.24) is 14.9 Å². The molecule has 3 aliphatic rings. The molecule has 0 unspecified atom stereocenters. The molecule has 2 heterocycles. The number of hydrogen-bond donors (Lipinski definition) is 3. The van der Waals surface area contributed by atoms with Gasteiger partial charge in [-0.2, -0.15) is 4.98 Å². The molecule has 2 fully saturated rings. The van der Waals surface area contributed by atoms with E-state index in [1.165, 1.54) is 6.07 Å². The molecule has 1 aliphatic heterocycles. The van der Waals surface area contributed by atoms with Crippen LogP contribution >= 0.6 is 0 Å². The average Bonchev–Trinajstić information content (AvgIpc) is 3.56. The molecule has 200 valence electrons. The van der Waals surface area contributed by atoms with Crippen LogP contribution in [0, 0.1) is 23.6 Å². The van der Waals surface area contributed by atoms with Crippen molar-refractivity contribution in [3.63, 3.8) is 0 Å². The lowest BCUT2D eigenvalue weighted by molar-refractivity contribution is -0.123. The van der Waals surface area contributed by atoms with Gasteiger partial charge in [-0.05, 0) is 61.8 Å². The largest absolute Gasteiger partial charge is 0.369 e. The van der Waals surface area contributed by atoms with E-state index in [0.717, 1.165) is 38.8 Å². The summed E-state index contributed by atoms with van der Waals surface area (Å²) in [7, 11) is 0. The molecule has 9 heteroatoms. The van der Waals surface area contributed by atoms with Crippen LogP contribution in [-0.2, 0) is 4.79 Å². The normalized spacial score (nSPS) is 23.6. The van der Waals surface area contributed by atoms with Crippen molar-refractivity contribution in [2.45, 2.75) is 31.7 Å². The third-order valence-electron chi connectivity index (χ3n) is 8.10. The topological polar surface area (TPSA) is 113 Å². The highest BCUT2D eigenvalue weighted by atomic mass is 19.1. The predicted molar refractivity (Wildman–Crippen MR) is 148 cm³/mol. The molecule has 0 radical (unpaired) electrons. The maximum Gasteiger partial charge on any atom is 0.253 e. The number of benzene rings is 2. The highest BCUT2D eigenvalue weighted by molar-refractivity contribution is 5.95. The molecule has 8 nitrogen and oxygen atoms in total. The van der Waals surface area contributed by atoms with Crippen molar-refractivity contribution in [2.75, 3.05) is 23.7 Å². The second-order valence-corrected chi connectivity index (χ2v) is 10.6. The number of rotatable bonds is 7. The third-order valence-corrected chi connectivity index (χ3v) is 8.10. The molecule has 1 saturated carbocycles. The fourth-order valence-corrected chi connectivity index (χ4v) is 6.23. The first-order chi connectivity index (χ1) is 19.0. The van der Waals surface area contributed by atoms with E-state index in [1.54, 1.807) is 36.5 Å². The van der Waals surface area contributed by atoms with Crippen molar-refractivity contribution < 1.29 is 14.0 Å². The van der Waals surface area contributed by atoms with Gasteiger partial charge in [-0.25, -0.2) is 9.37 Å². The Morgan fingerprint density at radius 3 is 2.67 bits per heavy atom. The second kappa shape index (κ2) is 10.5. The maximum atomic E-state index is 14.9. The number of halogens is 1. The monoisotopic (exact) mass is 526 g/mol. The van der Waals surface area contributed by atoms with Gasteiger partial charge in [0.15, 0.2) is 0 Å². The first-order valence-corrected chi connectivity index (χ1v) is 13.5. The zero-order valence-corrected chi connectivity index (χ0v) is 21.5. The van der Waals surface area contributed by atoms with E-state index in [9.17, 15) is 14.0 Å². The molecule has 2 aliphatic carbocycles. The number of fused-ring (bicyclic) bond motifs is 2. The van der Waals surface area contributed by atoms with E-state index in [-0.39, 0.29) is 41.6 Å². The Kier molecular flexibility index (Phi) is 6.72. The van der Waals surface area contributed by atoms with Crippen LogP contribution in [0.15, 0.2) is 66.9 Å². The number of carbonyl (C=O) groups excluding carboxylic acids is 2. The molecule has 3 aromatic rings. The zero-order chi connectivity index (χ0) is 26.9. The molecule has 4 atom stereocenters. The number of nitrogens with two attached hydrogens (primary N) is 1. The standard InChI is InChI=1S/C30H31FN6O2/c31-24-12-2-1-11-22(24)23-17-33-30(34-21-10-6-9-20(16-21)29(39)37-13-3-4-14-37)36-28(23)35-26-19-8-5-7-18(15-19)25(26)27(32)38/h1-2,5-6,8-12,16-19,25-26H,3-4,7,13-15H2,(H2,32,38)(H2,33,34,35,36)/t18-,19+,25+,26-/m1/s1. The number of likely N-dealkylation sites (tertiary alicyclic amines) is 1. The molecule has 2 amide bonds. The predicted octanol–water partition coefficient (Wildman–Crippen LogP) is 4.74. The lowest BCUT2D eigenvalue weighted by Crippen LogP contribution is -2.39. The summed E-state index contributed by atoms with van der Waals surface area (Å²) in [6.45, 7) is 1.55. The summed E-state index contributed by atoms with van der Waals surface area (Å²) in [6, 6.07) is 13.5. The van der Waals surface area contributed by atoms with E-state index < -0.39 is 5.82 Å². The SMILES string of the molecule is NC(=O)[C@H]1[C@@H]2CC=C[C@@H](C2)[C@H]1Nc1nc(Nc2cccc(C(=O)N3CCCC3)c2)ncc1-c1ccccc1F. The highest BCUT2D eigenvalue weighted by Crippen LogP contribution is 2.45. The molecule has 0 spiro atoms. The fourth-order valence-electron chi connectivity index (χ4n) is 6.23. The number of carbonyl (C=O) groups is 2. The molecule has 39 heavy (non-hydrogen) atoms. The maximum absolute atomic E-state index is 14.9. The van der Waals surface area contributed by atoms with Gasteiger partial charge in [0.25, 0.3) is 5.91 Å². The van der Waals surface area contributed by atoms with Crippen LogP contribution < -0.4 is 16.4 Å². The zero-order valence-electron chi connectivity index (χ0n) is 21.5. The number of primary amides is 1. The molecular formula is C30H31FN6O2. The van der Waals surface area contributed by atoms with Crippen molar-refractivity contribution in [2.24, 2.45) is 23.5 Å². The van der Waals surface area contributed by atoms with E-state index in [4.69, 9.17) is 10.7 Å². The Morgan fingerprint density at radius 1 is 1.05 bits per heavy atom. The quantitative estimate of drug-likeness (QED) is 0.383. The Labute approximate surface area is 226 Å². The second-order valence-electron chi connectivity index (χ2n) is 10.6. The number of hydrogen-bond acceptors (Lipinski definition) is 6. The summed E-state index contributed by atoms with van der Waals surface area (Å²) < 4.78 is 14.9. The lowest BCUT2D eigenvalue weighted by Gasteiger charge is -2.25. The Bertz CT molecular complexity index is 1440. The van der Waals surface area contributed by atoms with Crippen LogP contribution in [0.4, 0.5) is 21.8 Å². The highest BCUT2D eigenvalue weighted by Gasteiger charge is 2.46. The minimum Gasteiger partial charge on any atom is -0.369 e. The number of amides is 2. The van der Waals surface area contributed by atoms with Crippen molar-refractivity contribution in [3.05, 3.63) is 78.3 Å². The lowest BCUT2D eigenvalue weighted by atomic mass is 9.90. The van der Waals surface area contributed by atoms with E-state index in [0.29, 0.717) is 28.2 Å². The molecule has 4 N–H and O–H groups in total. The summed E-state index contributed by atoms with van der Waals surface area (Å²) in [5.74, 6) is -0.103. The van der Waals surface area contributed by atoms with Crippen molar-refractivity contribution in [1.29, 1.82) is 0 Å². The summed E-state index contributed by atoms with van der Waals surface area (Å²) in [5.41, 5.74) is 7.95. The van der Waals surface area contributed by atoms with Gasteiger partial charge in [-0.15, -0.1) is 0 Å². The number of nitrogens with zero attached hydrogens (tertiary/aromatic N) is 3. The molecule has 1 aromatic heterocycles. The summed E-state index contributed by atoms with van der Waals surface area (Å²) >= 11 is 0. The van der Waals surface area contributed by atoms with E-state index >= 15 is 0 Å². The van der Waals surface area contributed by atoms with Crippen molar-refractivity contribution in [3.8, 4) is 11.1 Å². The van der Waals surface area contributed by atoms with Gasteiger partial charge in [0, 0.05) is 47.7 Å². The number of aromatic nitrogens is 2. The number of anilines is 3. The molecular weight excluding hydrogens is 495 g/mol. The molecule has 1 saturated heterocycles. The van der Waals surface area contributed by atoms with Crippen LogP contribution in [0.3, 0.4) is 0 Å². The van der Waals surface area contributed by atoms with Gasteiger partial charge in [0.05, 0.1) is 5.92 Å². The van der Waals surface area contributed by atoms with Gasteiger partial charge in [0.1, 0.15) is 11.6 Å². The van der Waals surface area contributed by atoms with Gasteiger partial charge < -0.3 is 21.3 Å². The Balaban J connectivity index is 1.33. The Hall–Kier alpha value is -4.27. The fraction of sp³-hybridized carbons (Fsp3) is 0.333. The Morgan fingerprint density at radius 2 is 1.87 bits per heavy atom. The number of nitrogens with one attached hydrogen (secondary N) is 2. The van der Waals surface area contributed by atoms with Gasteiger partial charge in [-0.3, -0.25) is 9.59 Å². The molecule has 2 aromatic carbocycles. The minimum atomic E-state index is -0.394. The smallest absolute Gasteiger partial charge is 0.253 e. The minimum absolute atomic E-state index is 0.00669. The van der Waals surface area contributed by atoms with Gasteiger partial charge in [-0.1, -0.05) is 36.4 Å². The van der Waals surface area contributed by atoms with Crippen LogP contribution in [-0.4, -0.2) is 45.8 Å². The summed E-state index contributed by atoms with van der Waals surface area (Å²) in [5, 5.41) is 6.66. The van der Waals surface area contributed by atoms with Crippen molar-refractivity contribution >= 4 is 29.3 Å². The van der Waals surface area contributed by atoms with Crippen LogP contribution in [0.5, 0.6) is 0 Å².